The average molecular weight is 135 g/mol. The molecule has 0 amide bonds. The Kier molecular flexibility index (Phi) is 2.46. The van der Waals surface area contributed by atoms with E-state index in [2.05, 4.69) is 31.2 Å². The minimum atomic E-state index is 0.522. The molecule has 10 heavy (non-hydrogen) atoms. The van der Waals surface area contributed by atoms with Crippen LogP contribution in [0.15, 0.2) is 36.0 Å². The molecule has 54 valence electrons. The van der Waals surface area contributed by atoms with E-state index in [1.165, 1.54) is 5.57 Å². The minimum Gasteiger partial charge on any atom is -0.327 e. The first-order valence-corrected chi connectivity index (χ1v) is 3.58. The standard InChI is InChI=1S/C9H13N/c1-8-4-2-3-5-9(6-8)7-10/h2-6,8H,7,10H2,1H3. The van der Waals surface area contributed by atoms with Gasteiger partial charge in [-0.25, -0.2) is 0 Å². The molecule has 0 aliphatic heterocycles. The van der Waals surface area contributed by atoms with Gasteiger partial charge < -0.3 is 5.73 Å². The molecule has 0 radical (unpaired) electrons. The fourth-order valence-corrected chi connectivity index (χ4v) is 1.00. The highest BCUT2D eigenvalue weighted by Crippen LogP contribution is 2.08. The Morgan fingerprint density at radius 3 is 3.00 bits per heavy atom. The Bertz CT molecular complexity index is 187. The lowest BCUT2D eigenvalue weighted by atomic mass is 10.1. The lowest BCUT2D eigenvalue weighted by molar-refractivity contribution is 0.926. The number of hydrogen-bond acceptors (Lipinski definition) is 1. The highest BCUT2D eigenvalue weighted by atomic mass is 14.5. The van der Waals surface area contributed by atoms with E-state index in [9.17, 15) is 0 Å². The van der Waals surface area contributed by atoms with Crippen molar-refractivity contribution in [3.8, 4) is 0 Å². The summed E-state index contributed by atoms with van der Waals surface area (Å²) in [5.41, 5.74) is 6.71. The third-order valence-electron chi connectivity index (χ3n) is 1.55. The van der Waals surface area contributed by atoms with Crippen LogP contribution in [0.3, 0.4) is 0 Å². The first-order valence-electron chi connectivity index (χ1n) is 3.58. The van der Waals surface area contributed by atoms with Crippen LogP contribution in [0, 0.1) is 5.92 Å². The summed E-state index contributed by atoms with van der Waals surface area (Å²) < 4.78 is 0. The Hall–Kier alpha value is -0.820. The van der Waals surface area contributed by atoms with Gasteiger partial charge in [-0.2, -0.15) is 0 Å². The minimum absolute atomic E-state index is 0.522. The van der Waals surface area contributed by atoms with Crippen molar-refractivity contribution in [2.75, 3.05) is 6.54 Å². The molecule has 1 unspecified atom stereocenters. The smallest absolute Gasteiger partial charge is 0.0175 e. The fraction of sp³-hybridized carbons (Fsp3) is 0.333. The predicted octanol–water partition coefficient (Wildman–Crippen LogP) is 1.63. The van der Waals surface area contributed by atoms with Gasteiger partial charge >= 0.3 is 0 Å². The lowest BCUT2D eigenvalue weighted by Gasteiger charge is -1.98. The second-order valence-electron chi connectivity index (χ2n) is 2.55. The lowest BCUT2D eigenvalue weighted by Crippen LogP contribution is -2.01. The zero-order valence-corrected chi connectivity index (χ0v) is 6.25. The predicted molar refractivity (Wildman–Crippen MR) is 44.6 cm³/mol. The molecule has 2 N–H and O–H groups in total. The molecule has 0 heterocycles. The summed E-state index contributed by atoms with van der Waals surface area (Å²) >= 11 is 0. The van der Waals surface area contributed by atoms with Gasteiger partial charge in [0.2, 0.25) is 0 Å². The second-order valence-corrected chi connectivity index (χ2v) is 2.55. The first-order chi connectivity index (χ1) is 4.83. The van der Waals surface area contributed by atoms with Gasteiger partial charge in [0.1, 0.15) is 0 Å². The Morgan fingerprint density at radius 1 is 1.50 bits per heavy atom. The van der Waals surface area contributed by atoms with E-state index in [0.717, 1.165) is 0 Å². The number of nitrogens with two attached hydrogens (primary N) is 1. The summed E-state index contributed by atoms with van der Waals surface area (Å²) in [4.78, 5) is 0. The summed E-state index contributed by atoms with van der Waals surface area (Å²) in [6, 6.07) is 0. The summed E-state index contributed by atoms with van der Waals surface area (Å²) in [6.07, 6.45) is 10.5. The van der Waals surface area contributed by atoms with E-state index < -0.39 is 0 Å². The monoisotopic (exact) mass is 135 g/mol. The van der Waals surface area contributed by atoms with Gasteiger partial charge in [0, 0.05) is 6.54 Å². The van der Waals surface area contributed by atoms with Crippen molar-refractivity contribution >= 4 is 0 Å². The second kappa shape index (κ2) is 3.37. The van der Waals surface area contributed by atoms with E-state index in [0.29, 0.717) is 12.5 Å². The molecule has 0 spiro atoms. The maximum atomic E-state index is 5.49. The zero-order valence-electron chi connectivity index (χ0n) is 6.25. The summed E-state index contributed by atoms with van der Waals surface area (Å²) in [5.74, 6) is 0.522. The molecule has 1 aliphatic rings. The van der Waals surface area contributed by atoms with Gasteiger partial charge in [-0.15, -0.1) is 0 Å². The van der Waals surface area contributed by atoms with Crippen molar-refractivity contribution in [2.24, 2.45) is 11.7 Å². The van der Waals surface area contributed by atoms with Crippen LogP contribution in [0.25, 0.3) is 0 Å². The molecule has 1 heteroatoms. The fourth-order valence-electron chi connectivity index (χ4n) is 1.00. The molecule has 1 nitrogen and oxygen atoms in total. The van der Waals surface area contributed by atoms with E-state index in [-0.39, 0.29) is 0 Å². The molecule has 1 atom stereocenters. The SMILES string of the molecule is CC1C=CC=CC(CN)=C1. The van der Waals surface area contributed by atoms with Gasteiger partial charge in [0.05, 0.1) is 0 Å². The Morgan fingerprint density at radius 2 is 2.30 bits per heavy atom. The van der Waals surface area contributed by atoms with Crippen molar-refractivity contribution in [1.82, 2.24) is 0 Å². The molecular formula is C9H13N. The van der Waals surface area contributed by atoms with Crippen molar-refractivity contribution < 1.29 is 0 Å². The van der Waals surface area contributed by atoms with E-state index >= 15 is 0 Å². The highest BCUT2D eigenvalue weighted by Gasteiger charge is 1.95. The molecule has 0 saturated heterocycles. The maximum Gasteiger partial charge on any atom is 0.0175 e. The van der Waals surface area contributed by atoms with Crippen LogP contribution in [0.1, 0.15) is 6.92 Å². The van der Waals surface area contributed by atoms with E-state index in [4.69, 9.17) is 5.73 Å². The van der Waals surface area contributed by atoms with Crippen LogP contribution in [0.5, 0.6) is 0 Å². The quantitative estimate of drug-likeness (QED) is 0.581. The molecule has 0 saturated carbocycles. The third-order valence-corrected chi connectivity index (χ3v) is 1.55. The molecule has 0 aromatic rings. The van der Waals surface area contributed by atoms with Gasteiger partial charge in [-0.05, 0) is 11.5 Å². The van der Waals surface area contributed by atoms with Crippen LogP contribution < -0.4 is 5.73 Å². The van der Waals surface area contributed by atoms with Gasteiger partial charge in [0.25, 0.3) is 0 Å². The van der Waals surface area contributed by atoms with Crippen LogP contribution in [-0.4, -0.2) is 6.54 Å². The number of hydrogen-bond donors (Lipinski definition) is 1. The average Bonchev–Trinajstić information content (AvgIpc) is 2.13. The summed E-state index contributed by atoms with van der Waals surface area (Å²) in [6.45, 7) is 2.79. The van der Waals surface area contributed by atoms with Crippen molar-refractivity contribution in [1.29, 1.82) is 0 Å². The van der Waals surface area contributed by atoms with Crippen LogP contribution in [0.2, 0.25) is 0 Å². The summed E-state index contributed by atoms with van der Waals surface area (Å²) in [7, 11) is 0. The molecule has 0 bridgehead atoms. The zero-order chi connectivity index (χ0) is 7.40. The largest absolute Gasteiger partial charge is 0.327 e. The number of rotatable bonds is 1. The van der Waals surface area contributed by atoms with Gasteiger partial charge in [-0.1, -0.05) is 37.3 Å². The molecular weight excluding hydrogens is 122 g/mol. The first kappa shape index (κ1) is 7.29. The Labute approximate surface area is 61.9 Å². The third kappa shape index (κ3) is 1.85. The van der Waals surface area contributed by atoms with Crippen molar-refractivity contribution in [3.63, 3.8) is 0 Å². The molecule has 1 rings (SSSR count). The molecule has 1 aliphatic carbocycles. The topological polar surface area (TPSA) is 26.0 Å². The highest BCUT2D eigenvalue weighted by molar-refractivity contribution is 5.28. The van der Waals surface area contributed by atoms with Gasteiger partial charge in [-0.3, -0.25) is 0 Å². The van der Waals surface area contributed by atoms with E-state index in [1.54, 1.807) is 0 Å². The summed E-state index contributed by atoms with van der Waals surface area (Å²) in [5, 5.41) is 0. The maximum absolute atomic E-state index is 5.49. The number of allylic oxidation sites excluding steroid dienone is 4. The molecule has 0 aromatic carbocycles. The van der Waals surface area contributed by atoms with E-state index in [1.807, 2.05) is 6.08 Å². The normalized spacial score (nSPS) is 24.2. The van der Waals surface area contributed by atoms with Crippen molar-refractivity contribution in [2.45, 2.75) is 6.92 Å². The van der Waals surface area contributed by atoms with Crippen LogP contribution in [0.4, 0.5) is 0 Å². The van der Waals surface area contributed by atoms with Crippen LogP contribution >= 0.6 is 0 Å². The van der Waals surface area contributed by atoms with Gasteiger partial charge in [0.15, 0.2) is 0 Å². The Balaban J connectivity index is 2.74. The molecule has 0 fully saturated rings. The van der Waals surface area contributed by atoms with Crippen LogP contribution in [-0.2, 0) is 0 Å². The molecule has 0 aromatic heterocycles. The van der Waals surface area contributed by atoms with Crippen molar-refractivity contribution in [3.05, 3.63) is 36.0 Å².